The van der Waals surface area contributed by atoms with Crippen molar-refractivity contribution in [2.24, 2.45) is 7.05 Å². The van der Waals surface area contributed by atoms with Crippen LogP contribution in [0.15, 0.2) is 6.20 Å². The number of amides is 1. The molecular formula is C12H18N5O3+. The third kappa shape index (κ3) is 2.15. The number of piperazine rings is 1. The summed E-state index contributed by atoms with van der Waals surface area (Å²) < 4.78 is 1.32. The largest absolute Gasteiger partial charge is 0.330 e. The van der Waals surface area contributed by atoms with Crippen molar-refractivity contribution in [3.05, 3.63) is 22.0 Å². The highest BCUT2D eigenvalue weighted by atomic mass is 16.6. The lowest BCUT2D eigenvalue weighted by atomic mass is 10.1. The summed E-state index contributed by atoms with van der Waals surface area (Å²) in [4.78, 5) is 26.2. The number of rotatable bonds is 2. The van der Waals surface area contributed by atoms with Gasteiger partial charge in [0.25, 0.3) is 5.91 Å². The molecule has 2 aliphatic heterocycles. The molecule has 1 amide bonds. The van der Waals surface area contributed by atoms with Crippen LogP contribution in [0.4, 0.5) is 5.69 Å². The molecular weight excluding hydrogens is 262 g/mol. The summed E-state index contributed by atoms with van der Waals surface area (Å²) in [7, 11) is 1.59. The van der Waals surface area contributed by atoms with Crippen molar-refractivity contribution >= 4 is 11.6 Å². The van der Waals surface area contributed by atoms with Crippen LogP contribution in [0.2, 0.25) is 0 Å². The molecule has 8 heteroatoms. The van der Waals surface area contributed by atoms with E-state index >= 15 is 0 Å². The van der Waals surface area contributed by atoms with Gasteiger partial charge >= 0.3 is 5.69 Å². The Morgan fingerprint density at radius 1 is 1.55 bits per heavy atom. The normalized spacial score (nSPS) is 25.6. The summed E-state index contributed by atoms with van der Waals surface area (Å²) in [6.07, 6.45) is 3.61. The molecule has 1 aromatic rings. The summed E-state index contributed by atoms with van der Waals surface area (Å²) in [5.41, 5.74) is -0.252. The third-order valence-corrected chi connectivity index (χ3v) is 4.27. The lowest BCUT2D eigenvalue weighted by molar-refractivity contribution is -0.916. The molecule has 3 rings (SSSR count). The van der Waals surface area contributed by atoms with E-state index in [1.165, 1.54) is 23.8 Å². The maximum Gasteiger partial charge on any atom is 0.320 e. The van der Waals surface area contributed by atoms with Crippen LogP contribution in [-0.2, 0) is 7.05 Å². The van der Waals surface area contributed by atoms with Gasteiger partial charge in [0.15, 0.2) is 0 Å². The van der Waals surface area contributed by atoms with Crippen LogP contribution in [0.3, 0.4) is 0 Å². The zero-order valence-electron chi connectivity index (χ0n) is 11.4. The first-order chi connectivity index (χ1) is 9.56. The molecule has 1 unspecified atom stereocenters. The van der Waals surface area contributed by atoms with Gasteiger partial charge < -0.3 is 9.80 Å². The van der Waals surface area contributed by atoms with Gasteiger partial charge in [0, 0.05) is 19.9 Å². The van der Waals surface area contributed by atoms with Gasteiger partial charge in [0.1, 0.15) is 12.2 Å². The molecule has 0 aliphatic carbocycles. The molecule has 0 spiro atoms. The molecule has 2 aliphatic rings. The average Bonchev–Trinajstić information content (AvgIpc) is 3.02. The molecule has 0 bridgehead atoms. The second-order valence-corrected chi connectivity index (χ2v) is 5.54. The van der Waals surface area contributed by atoms with E-state index in [9.17, 15) is 14.9 Å². The number of nitrogens with one attached hydrogen (secondary N) is 1. The van der Waals surface area contributed by atoms with E-state index in [4.69, 9.17) is 0 Å². The van der Waals surface area contributed by atoms with E-state index in [-0.39, 0.29) is 17.3 Å². The quantitative estimate of drug-likeness (QED) is 0.546. The van der Waals surface area contributed by atoms with Crippen molar-refractivity contribution in [2.75, 3.05) is 26.2 Å². The fourth-order valence-corrected chi connectivity index (χ4v) is 3.27. The Morgan fingerprint density at radius 2 is 2.35 bits per heavy atom. The Bertz CT molecular complexity index is 555. The van der Waals surface area contributed by atoms with Gasteiger partial charge in [-0.05, 0) is 0 Å². The van der Waals surface area contributed by atoms with Crippen LogP contribution >= 0.6 is 0 Å². The summed E-state index contributed by atoms with van der Waals surface area (Å²) in [5.74, 6) is -0.316. The smallest absolute Gasteiger partial charge is 0.320 e. The number of aryl methyl sites for hydroxylation is 1. The van der Waals surface area contributed by atoms with E-state index in [2.05, 4.69) is 5.10 Å². The maximum atomic E-state index is 12.5. The molecule has 2 saturated heterocycles. The van der Waals surface area contributed by atoms with Crippen molar-refractivity contribution in [3.8, 4) is 0 Å². The number of nitrogens with zero attached hydrogens (tertiary/aromatic N) is 4. The Labute approximate surface area is 116 Å². The number of hydrogen-bond acceptors (Lipinski definition) is 4. The van der Waals surface area contributed by atoms with Gasteiger partial charge in [-0.25, -0.2) is 0 Å². The number of quaternary nitrogens is 1. The second kappa shape index (κ2) is 4.86. The van der Waals surface area contributed by atoms with Gasteiger partial charge in [-0.3, -0.25) is 19.6 Å². The summed E-state index contributed by atoms with van der Waals surface area (Å²) in [6, 6.07) is 0.482. The molecule has 1 aromatic heterocycles. The molecule has 2 atom stereocenters. The van der Waals surface area contributed by atoms with E-state index in [0.717, 1.165) is 13.0 Å². The van der Waals surface area contributed by atoms with Crippen molar-refractivity contribution in [3.63, 3.8) is 0 Å². The fourth-order valence-electron chi connectivity index (χ4n) is 3.27. The highest BCUT2D eigenvalue weighted by molar-refractivity contribution is 5.96. The van der Waals surface area contributed by atoms with Crippen LogP contribution in [0, 0.1) is 10.1 Å². The van der Waals surface area contributed by atoms with Crippen molar-refractivity contribution in [1.29, 1.82) is 0 Å². The van der Waals surface area contributed by atoms with Crippen molar-refractivity contribution in [2.45, 2.75) is 18.9 Å². The third-order valence-electron chi connectivity index (χ3n) is 4.27. The summed E-state index contributed by atoms with van der Waals surface area (Å²) >= 11 is 0. The van der Waals surface area contributed by atoms with E-state index < -0.39 is 4.92 Å². The van der Waals surface area contributed by atoms with Gasteiger partial charge in [0.2, 0.25) is 5.69 Å². The molecule has 0 aromatic carbocycles. The molecule has 108 valence electrons. The zero-order chi connectivity index (χ0) is 14.3. The standard InChI is InChI=1S/C12H17N5O3/c1-14-8-10(17(19)20)11(13-14)12(18)16-6-5-15-4-2-3-9(15)7-16/h8-9H,2-7H2,1H3/p+1/t9-/m0/s1. The first-order valence-electron chi connectivity index (χ1n) is 6.88. The monoisotopic (exact) mass is 280 g/mol. The molecule has 0 saturated carbocycles. The lowest BCUT2D eigenvalue weighted by Gasteiger charge is -2.34. The molecule has 2 fully saturated rings. The van der Waals surface area contributed by atoms with Crippen LogP contribution in [0.5, 0.6) is 0 Å². The minimum atomic E-state index is -0.544. The predicted molar refractivity (Wildman–Crippen MR) is 69.5 cm³/mol. The molecule has 3 heterocycles. The van der Waals surface area contributed by atoms with E-state index in [1.54, 1.807) is 16.8 Å². The van der Waals surface area contributed by atoms with Gasteiger partial charge in [-0.15, -0.1) is 0 Å². The first-order valence-corrected chi connectivity index (χ1v) is 6.88. The Hall–Kier alpha value is -1.96. The van der Waals surface area contributed by atoms with Crippen LogP contribution < -0.4 is 4.90 Å². The number of carbonyl (C=O) groups excluding carboxylic acids is 1. The van der Waals surface area contributed by atoms with E-state index in [0.29, 0.717) is 19.1 Å². The fraction of sp³-hybridized carbons (Fsp3) is 0.667. The minimum Gasteiger partial charge on any atom is -0.330 e. The van der Waals surface area contributed by atoms with Crippen LogP contribution in [0.25, 0.3) is 0 Å². The SMILES string of the molecule is Cn1cc([N+](=O)[O-])c(C(=O)N2CC[NH+]3CCC[C@H]3C2)n1. The lowest BCUT2D eigenvalue weighted by Crippen LogP contribution is -3.16. The van der Waals surface area contributed by atoms with Crippen molar-refractivity contribution < 1.29 is 14.6 Å². The van der Waals surface area contributed by atoms with E-state index in [1.807, 2.05) is 0 Å². The zero-order valence-corrected chi connectivity index (χ0v) is 11.4. The highest BCUT2D eigenvalue weighted by Gasteiger charge is 2.38. The van der Waals surface area contributed by atoms with Gasteiger partial charge in [-0.2, -0.15) is 5.10 Å². The second-order valence-electron chi connectivity index (χ2n) is 5.54. The van der Waals surface area contributed by atoms with Gasteiger partial charge in [-0.1, -0.05) is 0 Å². The topological polar surface area (TPSA) is 85.7 Å². The number of hydrogen-bond donors (Lipinski definition) is 1. The predicted octanol–water partition coefficient (Wildman–Crippen LogP) is -1.17. The number of fused-ring (bicyclic) bond motifs is 1. The van der Waals surface area contributed by atoms with Crippen LogP contribution in [-0.4, -0.2) is 57.7 Å². The Balaban J connectivity index is 1.80. The summed E-state index contributed by atoms with van der Waals surface area (Å²) in [6.45, 7) is 3.44. The number of aromatic nitrogens is 2. The molecule has 20 heavy (non-hydrogen) atoms. The first kappa shape index (κ1) is 13.0. The Morgan fingerprint density at radius 3 is 3.10 bits per heavy atom. The number of carbonyl (C=O) groups is 1. The van der Waals surface area contributed by atoms with Crippen LogP contribution in [0.1, 0.15) is 23.3 Å². The molecule has 1 N–H and O–H groups in total. The molecule has 0 radical (unpaired) electrons. The van der Waals surface area contributed by atoms with Gasteiger partial charge in [0.05, 0.1) is 31.1 Å². The maximum absolute atomic E-state index is 12.5. The van der Waals surface area contributed by atoms with Crippen molar-refractivity contribution in [1.82, 2.24) is 14.7 Å². The average molecular weight is 280 g/mol. The molecule has 8 nitrogen and oxygen atoms in total. The number of nitro groups is 1. The Kier molecular flexibility index (Phi) is 3.17. The summed E-state index contributed by atoms with van der Waals surface area (Å²) in [5, 5.41) is 15.0. The highest BCUT2D eigenvalue weighted by Crippen LogP contribution is 2.19. The minimum absolute atomic E-state index is 0.0426.